The zero-order chi connectivity index (χ0) is 14.2. The summed E-state index contributed by atoms with van der Waals surface area (Å²) in [6, 6.07) is 5.76. The van der Waals surface area contributed by atoms with Gasteiger partial charge in [0, 0.05) is 17.0 Å². The van der Waals surface area contributed by atoms with Gasteiger partial charge in [-0.1, -0.05) is 0 Å². The first-order valence-corrected chi connectivity index (χ1v) is 6.77. The summed E-state index contributed by atoms with van der Waals surface area (Å²) in [5.41, 5.74) is 2.65. The monoisotopic (exact) mass is 279 g/mol. The number of hydrogen-bond donors (Lipinski definition) is 0. The maximum atomic E-state index is 12.1. The number of rotatable bonds is 4. The fraction of sp³-hybridized carbons (Fsp3) is 0.400. The Morgan fingerprint density at radius 1 is 1.37 bits per heavy atom. The second-order valence-corrected chi connectivity index (χ2v) is 5.48. The molecule has 2 unspecified atom stereocenters. The van der Waals surface area contributed by atoms with Crippen LogP contribution in [0.2, 0.25) is 0 Å². The molecule has 2 heterocycles. The maximum absolute atomic E-state index is 12.1. The predicted molar refractivity (Wildman–Crippen MR) is 76.1 cm³/mol. The molecular formula is C15H18ClNO2. The van der Waals surface area contributed by atoms with Crippen LogP contribution in [-0.2, 0) is 0 Å². The number of alkyl halides is 1. The first-order valence-electron chi connectivity index (χ1n) is 6.33. The Bertz CT molecular complexity index is 582. The average Bonchev–Trinajstić information content (AvgIpc) is 2.96. The van der Waals surface area contributed by atoms with Crippen molar-refractivity contribution in [2.75, 3.05) is 0 Å². The highest BCUT2D eigenvalue weighted by Crippen LogP contribution is 2.26. The van der Waals surface area contributed by atoms with Gasteiger partial charge in [0.25, 0.3) is 0 Å². The summed E-state index contributed by atoms with van der Waals surface area (Å²) in [5.74, 6) is 0.840. The Morgan fingerprint density at radius 3 is 2.58 bits per heavy atom. The van der Waals surface area contributed by atoms with Crippen molar-refractivity contribution in [3.8, 4) is 0 Å². The summed E-state index contributed by atoms with van der Waals surface area (Å²) in [5, 5.41) is -0.507. The molecule has 0 fully saturated rings. The first kappa shape index (κ1) is 13.9. The minimum absolute atomic E-state index is 0.0346. The van der Waals surface area contributed by atoms with Gasteiger partial charge in [-0.3, -0.25) is 4.79 Å². The van der Waals surface area contributed by atoms with Crippen LogP contribution < -0.4 is 0 Å². The van der Waals surface area contributed by atoms with Gasteiger partial charge < -0.3 is 8.98 Å². The molecule has 0 saturated carbocycles. The van der Waals surface area contributed by atoms with Gasteiger partial charge in [0.2, 0.25) is 0 Å². The molecule has 2 aromatic rings. The Morgan fingerprint density at radius 2 is 2.05 bits per heavy atom. The maximum Gasteiger partial charge on any atom is 0.182 e. The minimum Gasteiger partial charge on any atom is -0.467 e. The minimum atomic E-state index is -0.507. The molecule has 3 nitrogen and oxygen atoms in total. The molecule has 0 aliphatic rings. The molecule has 2 aromatic heterocycles. The highest BCUT2D eigenvalue weighted by atomic mass is 35.5. The Kier molecular flexibility index (Phi) is 3.85. The van der Waals surface area contributed by atoms with E-state index in [4.69, 9.17) is 16.0 Å². The van der Waals surface area contributed by atoms with Crippen molar-refractivity contribution in [1.82, 2.24) is 4.57 Å². The van der Waals surface area contributed by atoms with Crippen molar-refractivity contribution in [3.63, 3.8) is 0 Å². The fourth-order valence-corrected chi connectivity index (χ4v) is 2.61. The normalized spacial score (nSPS) is 14.4. The molecule has 4 heteroatoms. The number of ketones is 1. The van der Waals surface area contributed by atoms with Crippen molar-refractivity contribution < 1.29 is 9.21 Å². The predicted octanol–water partition coefficient (Wildman–Crippen LogP) is 4.12. The van der Waals surface area contributed by atoms with E-state index in [1.807, 2.05) is 32.0 Å². The van der Waals surface area contributed by atoms with E-state index in [0.717, 1.165) is 17.1 Å². The van der Waals surface area contributed by atoms with E-state index < -0.39 is 5.38 Å². The van der Waals surface area contributed by atoms with Crippen LogP contribution in [0.15, 0.2) is 28.9 Å². The first-order chi connectivity index (χ1) is 8.93. The molecule has 0 bridgehead atoms. The third-order valence-electron chi connectivity index (χ3n) is 3.45. The second kappa shape index (κ2) is 5.25. The molecule has 0 spiro atoms. The number of halogens is 1. The van der Waals surface area contributed by atoms with Crippen LogP contribution >= 0.6 is 11.6 Å². The van der Waals surface area contributed by atoms with Gasteiger partial charge in [0.1, 0.15) is 5.76 Å². The highest BCUT2D eigenvalue weighted by Gasteiger charge is 2.22. The summed E-state index contributed by atoms with van der Waals surface area (Å²) >= 11 is 5.90. The molecule has 0 amide bonds. The van der Waals surface area contributed by atoms with E-state index in [9.17, 15) is 4.79 Å². The lowest BCUT2D eigenvalue weighted by Crippen LogP contribution is -2.14. The lowest BCUT2D eigenvalue weighted by atomic mass is 10.1. The third kappa shape index (κ3) is 2.47. The highest BCUT2D eigenvalue weighted by molar-refractivity contribution is 6.33. The smallest absolute Gasteiger partial charge is 0.182 e. The average molecular weight is 280 g/mol. The lowest BCUT2D eigenvalue weighted by Gasteiger charge is -2.16. The van der Waals surface area contributed by atoms with Crippen LogP contribution in [0.3, 0.4) is 0 Å². The molecule has 19 heavy (non-hydrogen) atoms. The van der Waals surface area contributed by atoms with Crippen LogP contribution in [0.25, 0.3) is 0 Å². The Balaban J connectivity index is 2.45. The van der Waals surface area contributed by atoms with Crippen molar-refractivity contribution in [1.29, 1.82) is 0 Å². The SMILES string of the molecule is Cc1cc(C(=O)C(C)Cl)c(C)n1C(C)c1ccco1. The van der Waals surface area contributed by atoms with Crippen LogP contribution in [0.5, 0.6) is 0 Å². The van der Waals surface area contributed by atoms with E-state index in [2.05, 4.69) is 11.5 Å². The zero-order valence-corrected chi connectivity index (χ0v) is 12.4. The molecule has 0 radical (unpaired) electrons. The van der Waals surface area contributed by atoms with Crippen LogP contribution in [-0.4, -0.2) is 15.7 Å². The topological polar surface area (TPSA) is 35.1 Å². The number of Topliss-reactive ketones (excluding diaryl/α,β-unsaturated/α-hetero) is 1. The van der Waals surface area contributed by atoms with Gasteiger partial charge in [-0.25, -0.2) is 0 Å². The Hall–Kier alpha value is -1.48. The largest absolute Gasteiger partial charge is 0.467 e. The van der Waals surface area contributed by atoms with Crippen molar-refractivity contribution >= 4 is 17.4 Å². The van der Waals surface area contributed by atoms with E-state index in [1.165, 1.54) is 0 Å². The summed E-state index contributed by atoms with van der Waals surface area (Å²) in [6.07, 6.45) is 1.66. The van der Waals surface area contributed by atoms with E-state index in [0.29, 0.717) is 5.56 Å². The Labute approximate surface area is 118 Å². The fourth-order valence-electron chi connectivity index (χ4n) is 2.49. The molecule has 0 aliphatic heterocycles. The van der Waals surface area contributed by atoms with E-state index in [1.54, 1.807) is 13.2 Å². The molecular weight excluding hydrogens is 262 g/mol. The molecule has 0 saturated heterocycles. The van der Waals surface area contributed by atoms with Gasteiger partial charge in [0.05, 0.1) is 17.7 Å². The van der Waals surface area contributed by atoms with Gasteiger partial charge in [0.15, 0.2) is 5.78 Å². The van der Waals surface area contributed by atoms with Crippen LogP contribution in [0.4, 0.5) is 0 Å². The van der Waals surface area contributed by atoms with Crippen molar-refractivity contribution in [3.05, 3.63) is 47.2 Å². The van der Waals surface area contributed by atoms with Gasteiger partial charge >= 0.3 is 0 Å². The van der Waals surface area contributed by atoms with Gasteiger partial charge in [-0.15, -0.1) is 11.6 Å². The van der Waals surface area contributed by atoms with E-state index >= 15 is 0 Å². The summed E-state index contributed by atoms with van der Waals surface area (Å²) in [4.78, 5) is 12.1. The molecule has 0 aromatic carbocycles. The number of aromatic nitrogens is 1. The zero-order valence-electron chi connectivity index (χ0n) is 11.6. The second-order valence-electron chi connectivity index (χ2n) is 4.83. The number of nitrogens with zero attached hydrogens (tertiary/aromatic N) is 1. The number of carbonyl (C=O) groups excluding carboxylic acids is 1. The van der Waals surface area contributed by atoms with Gasteiger partial charge in [-0.2, -0.15) is 0 Å². The number of aryl methyl sites for hydroxylation is 1. The van der Waals surface area contributed by atoms with Crippen LogP contribution in [0.1, 0.15) is 47.4 Å². The van der Waals surface area contributed by atoms with Gasteiger partial charge in [-0.05, 0) is 45.9 Å². The number of carbonyl (C=O) groups is 1. The molecule has 2 rings (SSSR count). The summed E-state index contributed by atoms with van der Waals surface area (Å²) < 4.78 is 7.55. The molecule has 0 N–H and O–H groups in total. The standard InChI is InChI=1S/C15H18ClNO2/c1-9-8-13(15(18)10(2)16)11(3)17(9)12(4)14-6-5-7-19-14/h5-8,10,12H,1-4H3. The number of furan rings is 1. The number of hydrogen-bond acceptors (Lipinski definition) is 2. The molecule has 102 valence electrons. The molecule has 2 atom stereocenters. The van der Waals surface area contributed by atoms with E-state index in [-0.39, 0.29) is 11.8 Å². The summed E-state index contributed by atoms with van der Waals surface area (Å²) in [6.45, 7) is 7.68. The lowest BCUT2D eigenvalue weighted by molar-refractivity contribution is 0.0991. The summed E-state index contributed by atoms with van der Waals surface area (Å²) in [7, 11) is 0. The van der Waals surface area contributed by atoms with Crippen molar-refractivity contribution in [2.24, 2.45) is 0 Å². The quantitative estimate of drug-likeness (QED) is 0.623. The van der Waals surface area contributed by atoms with Crippen molar-refractivity contribution in [2.45, 2.75) is 39.1 Å². The van der Waals surface area contributed by atoms with Crippen LogP contribution in [0, 0.1) is 13.8 Å². The third-order valence-corrected chi connectivity index (χ3v) is 3.65. The molecule has 0 aliphatic carbocycles.